The van der Waals surface area contributed by atoms with E-state index in [1.165, 1.54) is 6.92 Å². The zero-order chi connectivity index (χ0) is 11.3. The van der Waals surface area contributed by atoms with Crippen LogP contribution in [0.2, 0.25) is 0 Å². The van der Waals surface area contributed by atoms with E-state index >= 15 is 0 Å². The number of benzene rings is 1. The number of para-hydroxylation sites is 1. The Morgan fingerprint density at radius 2 is 2.40 bits per heavy atom. The number of nitriles is 1. The Hall–Kier alpha value is -1.89. The van der Waals surface area contributed by atoms with Gasteiger partial charge in [0.05, 0.1) is 11.3 Å². The number of alkyl halides is 1. The third-order valence-electron chi connectivity index (χ3n) is 1.90. The van der Waals surface area contributed by atoms with E-state index in [2.05, 4.69) is 5.32 Å². The summed E-state index contributed by atoms with van der Waals surface area (Å²) < 4.78 is 12.6. The van der Waals surface area contributed by atoms with E-state index in [0.29, 0.717) is 23.1 Å². The van der Waals surface area contributed by atoms with Crippen LogP contribution in [-0.2, 0) is 0 Å². The summed E-state index contributed by atoms with van der Waals surface area (Å²) in [5.41, 5.74) is 1.12. The number of hydrogen-bond donors (Lipinski definition) is 1. The third kappa shape index (κ3) is 2.78. The van der Waals surface area contributed by atoms with Gasteiger partial charge in [0.25, 0.3) is 0 Å². The summed E-state index contributed by atoms with van der Waals surface area (Å²) in [6.45, 7) is 1.49. The molecule has 1 unspecified atom stereocenters. The first-order valence-electron chi connectivity index (χ1n) is 4.55. The van der Waals surface area contributed by atoms with Gasteiger partial charge in [-0.05, 0) is 19.1 Å². The van der Waals surface area contributed by atoms with Crippen molar-refractivity contribution in [3.05, 3.63) is 29.3 Å². The zero-order valence-electron chi connectivity index (χ0n) is 8.33. The molecule has 4 heteroatoms. The lowest BCUT2D eigenvalue weighted by atomic mass is 10.1. The molecule has 0 aliphatic rings. The van der Waals surface area contributed by atoms with Gasteiger partial charge in [0.15, 0.2) is 6.29 Å². The molecule has 1 N–H and O–H groups in total. The second kappa shape index (κ2) is 5.11. The van der Waals surface area contributed by atoms with E-state index in [9.17, 15) is 9.18 Å². The summed E-state index contributed by atoms with van der Waals surface area (Å²) in [5, 5.41) is 11.6. The molecule has 0 spiro atoms. The van der Waals surface area contributed by atoms with E-state index in [4.69, 9.17) is 5.26 Å². The standard InChI is InChI=1S/C11H11FN2O/c1-8(12)6-14-11-9(5-13)3-2-4-10(11)7-15/h2-4,7-8,14H,6H2,1H3. The Morgan fingerprint density at radius 3 is 2.93 bits per heavy atom. The normalized spacial score (nSPS) is 11.5. The van der Waals surface area contributed by atoms with Crippen molar-refractivity contribution in [2.45, 2.75) is 13.1 Å². The minimum atomic E-state index is -1.03. The summed E-state index contributed by atoms with van der Waals surface area (Å²) in [6, 6.07) is 6.73. The molecule has 0 heterocycles. The van der Waals surface area contributed by atoms with Gasteiger partial charge >= 0.3 is 0 Å². The number of carbonyl (C=O) groups is 1. The number of hydrogen-bond acceptors (Lipinski definition) is 3. The van der Waals surface area contributed by atoms with Crippen LogP contribution in [0.15, 0.2) is 18.2 Å². The van der Waals surface area contributed by atoms with Crippen molar-refractivity contribution in [1.29, 1.82) is 5.26 Å². The Kier molecular flexibility index (Phi) is 3.81. The fourth-order valence-electron chi connectivity index (χ4n) is 1.20. The predicted octanol–water partition coefficient (Wildman–Crippen LogP) is 2.14. The van der Waals surface area contributed by atoms with Gasteiger partial charge in [-0.1, -0.05) is 6.07 Å². The second-order valence-corrected chi connectivity index (χ2v) is 3.16. The molecule has 3 nitrogen and oxygen atoms in total. The molecule has 0 aliphatic heterocycles. The van der Waals surface area contributed by atoms with Crippen LogP contribution in [0, 0.1) is 11.3 Å². The zero-order valence-corrected chi connectivity index (χ0v) is 8.33. The Balaban J connectivity index is 3.01. The molecule has 0 aliphatic carbocycles. The molecule has 1 rings (SSSR count). The van der Waals surface area contributed by atoms with Gasteiger partial charge in [0, 0.05) is 12.1 Å². The lowest BCUT2D eigenvalue weighted by Crippen LogP contribution is -2.13. The van der Waals surface area contributed by atoms with Crippen molar-refractivity contribution >= 4 is 12.0 Å². The maximum absolute atomic E-state index is 12.6. The Bertz CT molecular complexity index is 396. The molecule has 78 valence electrons. The molecule has 1 atom stereocenters. The first-order chi connectivity index (χ1) is 7.19. The number of nitrogens with zero attached hydrogens (tertiary/aromatic N) is 1. The van der Waals surface area contributed by atoms with Gasteiger partial charge in [-0.15, -0.1) is 0 Å². The monoisotopic (exact) mass is 206 g/mol. The molecule has 0 aromatic heterocycles. The predicted molar refractivity (Wildman–Crippen MR) is 55.6 cm³/mol. The van der Waals surface area contributed by atoms with E-state index in [-0.39, 0.29) is 6.54 Å². The summed E-state index contributed by atoms with van der Waals surface area (Å²) in [5.74, 6) is 0. The van der Waals surface area contributed by atoms with Gasteiger partial charge in [-0.3, -0.25) is 4.79 Å². The topological polar surface area (TPSA) is 52.9 Å². The lowest BCUT2D eigenvalue weighted by molar-refractivity contribution is 0.112. The van der Waals surface area contributed by atoms with Gasteiger partial charge < -0.3 is 5.32 Å². The van der Waals surface area contributed by atoms with Crippen LogP contribution in [0.1, 0.15) is 22.8 Å². The fraction of sp³-hybridized carbons (Fsp3) is 0.273. The van der Waals surface area contributed by atoms with E-state index in [1.807, 2.05) is 6.07 Å². The van der Waals surface area contributed by atoms with Gasteiger partial charge in [0.2, 0.25) is 0 Å². The molecule has 0 saturated heterocycles. The quantitative estimate of drug-likeness (QED) is 0.768. The molecule has 0 radical (unpaired) electrons. The Morgan fingerprint density at radius 1 is 1.67 bits per heavy atom. The SMILES string of the molecule is CC(F)CNc1c(C#N)cccc1C=O. The second-order valence-electron chi connectivity index (χ2n) is 3.16. The minimum absolute atomic E-state index is 0.0829. The summed E-state index contributed by atoms with van der Waals surface area (Å²) in [7, 11) is 0. The number of carbonyl (C=O) groups excluding carboxylic acids is 1. The largest absolute Gasteiger partial charge is 0.380 e. The van der Waals surface area contributed by atoms with Crippen LogP contribution in [0.4, 0.5) is 10.1 Å². The Labute approximate surface area is 87.5 Å². The number of nitrogens with one attached hydrogen (secondary N) is 1. The van der Waals surface area contributed by atoms with Crippen molar-refractivity contribution in [3.63, 3.8) is 0 Å². The molecule has 1 aromatic carbocycles. The highest BCUT2D eigenvalue weighted by Crippen LogP contribution is 2.19. The summed E-state index contributed by atoms with van der Waals surface area (Å²) in [6.07, 6.45) is -0.386. The van der Waals surface area contributed by atoms with Crippen molar-refractivity contribution < 1.29 is 9.18 Å². The van der Waals surface area contributed by atoms with Crippen LogP contribution >= 0.6 is 0 Å². The maximum atomic E-state index is 12.6. The van der Waals surface area contributed by atoms with Gasteiger partial charge in [0.1, 0.15) is 12.2 Å². The molecule has 0 fully saturated rings. The van der Waals surface area contributed by atoms with E-state index < -0.39 is 6.17 Å². The minimum Gasteiger partial charge on any atom is -0.380 e. The lowest BCUT2D eigenvalue weighted by Gasteiger charge is -2.10. The average Bonchev–Trinajstić information content (AvgIpc) is 2.25. The van der Waals surface area contributed by atoms with Gasteiger partial charge in [-0.25, -0.2) is 4.39 Å². The van der Waals surface area contributed by atoms with Crippen LogP contribution in [0.3, 0.4) is 0 Å². The molecule has 0 saturated carbocycles. The molecule has 15 heavy (non-hydrogen) atoms. The molecular weight excluding hydrogens is 195 g/mol. The third-order valence-corrected chi connectivity index (χ3v) is 1.90. The van der Waals surface area contributed by atoms with Gasteiger partial charge in [-0.2, -0.15) is 5.26 Å². The van der Waals surface area contributed by atoms with Crippen molar-refractivity contribution in [1.82, 2.24) is 0 Å². The van der Waals surface area contributed by atoms with Crippen LogP contribution in [-0.4, -0.2) is 19.0 Å². The summed E-state index contributed by atoms with van der Waals surface area (Å²) in [4.78, 5) is 10.7. The number of halogens is 1. The molecule has 1 aromatic rings. The number of anilines is 1. The molecular formula is C11H11FN2O. The molecule has 0 amide bonds. The number of rotatable bonds is 4. The van der Waals surface area contributed by atoms with Crippen LogP contribution in [0.25, 0.3) is 0 Å². The molecule has 0 bridgehead atoms. The maximum Gasteiger partial charge on any atom is 0.152 e. The van der Waals surface area contributed by atoms with Crippen molar-refractivity contribution in [2.75, 3.05) is 11.9 Å². The first kappa shape index (κ1) is 11.2. The average molecular weight is 206 g/mol. The highest BCUT2D eigenvalue weighted by Gasteiger charge is 2.08. The van der Waals surface area contributed by atoms with E-state index in [1.54, 1.807) is 18.2 Å². The first-order valence-corrected chi connectivity index (χ1v) is 4.55. The summed E-state index contributed by atoms with van der Waals surface area (Å²) >= 11 is 0. The van der Waals surface area contributed by atoms with Crippen molar-refractivity contribution in [3.8, 4) is 6.07 Å². The smallest absolute Gasteiger partial charge is 0.152 e. The van der Waals surface area contributed by atoms with E-state index in [0.717, 1.165) is 0 Å². The van der Waals surface area contributed by atoms with Crippen LogP contribution < -0.4 is 5.32 Å². The highest BCUT2D eigenvalue weighted by molar-refractivity contribution is 5.86. The fourth-order valence-corrected chi connectivity index (χ4v) is 1.20. The van der Waals surface area contributed by atoms with Crippen molar-refractivity contribution in [2.24, 2.45) is 0 Å². The highest BCUT2D eigenvalue weighted by atomic mass is 19.1. The van der Waals surface area contributed by atoms with Crippen LogP contribution in [0.5, 0.6) is 0 Å². The number of aldehydes is 1.